The number of hydrogen-bond donors (Lipinski definition) is 1. The van der Waals surface area contributed by atoms with E-state index in [1.54, 1.807) is 29.2 Å². The molecular formula is C22H29F3N4O2. The van der Waals surface area contributed by atoms with E-state index in [1.165, 1.54) is 7.11 Å². The number of benzene rings is 1. The summed E-state index contributed by atoms with van der Waals surface area (Å²) in [4.78, 5) is 15.1. The molecule has 3 rings (SSSR count). The maximum Gasteiger partial charge on any atom is 0.435 e. The quantitative estimate of drug-likeness (QED) is 0.627. The molecular weight excluding hydrogens is 409 g/mol. The van der Waals surface area contributed by atoms with Crippen molar-refractivity contribution in [3.63, 3.8) is 0 Å². The number of nitrogens with zero attached hydrogens (tertiary/aromatic N) is 3. The molecule has 31 heavy (non-hydrogen) atoms. The first-order valence-electron chi connectivity index (χ1n) is 10.5. The van der Waals surface area contributed by atoms with Crippen LogP contribution in [0.5, 0.6) is 5.75 Å². The SMILES string of the molecule is COc1ccc(-n2nc(C(F)(F)F)c3c2C(=O)N(C(C)(C)CCCCCN)CC3)cc1. The molecule has 0 unspecified atom stereocenters. The number of nitrogens with two attached hydrogens (primary N) is 1. The lowest BCUT2D eigenvalue weighted by Gasteiger charge is -2.41. The van der Waals surface area contributed by atoms with Crippen LogP contribution in [0.3, 0.4) is 0 Å². The molecule has 1 aromatic carbocycles. The summed E-state index contributed by atoms with van der Waals surface area (Å²) >= 11 is 0. The van der Waals surface area contributed by atoms with Gasteiger partial charge in [-0.1, -0.05) is 12.8 Å². The minimum Gasteiger partial charge on any atom is -0.497 e. The zero-order valence-electron chi connectivity index (χ0n) is 18.1. The average molecular weight is 438 g/mol. The molecule has 0 fully saturated rings. The van der Waals surface area contributed by atoms with Gasteiger partial charge in [-0.05, 0) is 63.9 Å². The Labute approximate surface area is 180 Å². The molecule has 0 radical (unpaired) electrons. The number of hydrogen-bond acceptors (Lipinski definition) is 4. The largest absolute Gasteiger partial charge is 0.497 e. The number of fused-ring (bicyclic) bond motifs is 1. The number of ether oxygens (including phenoxy) is 1. The highest BCUT2D eigenvalue weighted by Gasteiger charge is 2.45. The van der Waals surface area contributed by atoms with Crippen LogP contribution in [0.4, 0.5) is 13.2 Å². The van der Waals surface area contributed by atoms with Crippen LogP contribution in [-0.4, -0.2) is 46.3 Å². The van der Waals surface area contributed by atoms with E-state index in [0.717, 1.165) is 30.4 Å². The summed E-state index contributed by atoms with van der Waals surface area (Å²) in [5, 5.41) is 3.83. The van der Waals surface area contributed by atoms with Gasteiger partial charge in [0.05, 0.1) is 12.8 Å². The van der Waals surface area contributed by atoms with Crippen molar-refractivity contribution in [1.82, 2.24) is 14.7 Å². The number of halogens is 3. The Balaban J connectivity index is 2.00. The van der Waals surface area contributed by atoms with E-state index in [4.69, 9.17) is 10.5 Å². The first kappa shape index (κ1) is 23.1. The van der Waals surface area contributed by atoms with Crippen LogP contribution in [0.25, 0.3) is 5.69 Å². The van der Waals surface area contributed by atoms with Gasteiger partial charge in [0.2, 0.25) is 0 Å². The van der Waals surface area contributed by atoms with Gasteiger partial charge in [-0.2, -0.15) is 18.3 Å². The van der Waals surface area contributed by atoms with E-state index in [9.17, 15) is 18.0 Å². The fraction of sp³-hybridized carbons (Fsp3) is 0.545. The molecule has 9 heteroatoms. The van der Waals surface area contributed by atoms with Crippen LogP contribution in [0.15, 0.2) is 24.3 Å². The highest BCUT2D eigenvalue weighted by molar-refractivity contribution is 5.96. The Morgan fingerprint density at radius 2 is 1.81 bits per heavy atom. The average Bonchev–Trinajstić information content (AvgIpc) is 3.12. The number of carbonyl (C=O) groups excluding carboxylic acids is 1. The van der Waals surface area contributed by atoms with Crippen molar-refractivity contribution in [3.8, 4) is 11.4 Å². The number of carbonyl (C=O) groups is 1. The molecule has 6 nitrogen and oxygen atoms in total. The van der Waals surface area contributed by atoms with Crippen molar-refractivity contribution in [2.24, 2.45) is 5.73 Å². The third-order valence-electron chi connectivity index (χ3n) is 5.83. The molecule has 1 aromatic heterocycles. The molecule has 0 atom stereocenters. The van der Waals surface area contributed by atoms with Crippen molar-refractivity contribution < 1.29 is 22.7 Å². The van der Waals surface area contributed by atoms with Crippen LogP contribution in [0.2, 0.25) is 0 Å². The second kappa shape index (κ2) is 8.90. The number of rotatable bonds is 8. The molecule has 0 spiro atoms. The van der Waals surface area contributed by atoms with Crippen LogP contribution >= 0.6 is 0 Å². The fourth-order valence-corrected chi connectivity index (χ4v) is 4.09. The van der Waals surface area contributed by atoms with E-state index in [2.05, 4.69) is 5.10 Å². The van der Waals surface area contributed by atoms with Crippen molar-refractivity contribution in [2.75, 3.05) is 20.2 Å². The second-order valence-corrected chi connectivity index (χ2v) is 8.40. The standard InChI is InChI=1S/C22H29F3N4O2/c1-21(2,12-5-4-6-13-26)28-14-11-17-18(20(28)30)29(27-19(17)22(23,24)25)15-7-9-16(31-3)10-8-15/h7-10H,4-6,11-14,26H2,1-3H3. The first-order chi connectivity index (χ1) is 14.6. The van der Waals surface area contributed by atoms with E-state index < -0.39 is 23.3 Å². The van der Waals surface area contributed by atoms with Crippen LogP contribution in [-0.2, 0) is 12.6 Å². The summed E-state index contributed by atoms with van der Waals surface area (Å²) in [5.74, 6) is 0.135. The lowest BCUT2D eigenvalue weighted by Crippen LogP contribution is -2.51. The van der Waals surface area contributed by atoms with Gasteiger partial charge in [0.15, 0.2) is 5.69 Å². The maximum absolute atomic E-state index is 13.7. The maximum atomic E-state index is 13.7. The molecule has 0 aliphatic carbocycles. The number of amides is 1. The molecule has 0 bridgehead atoms. The summed E-state index contributed by atoms with van der Waals surface area (Å²) in [5.41, 5.74) is 4.39. The van der Waals surface area contributed by atoms with Crippen LogP contribution in [0.1, 0.15) is 61.3 Å². The molecule has 1 amide bonds. The lowest BCUT2D eigenvalue weighted by atomic mass is 9.91. The Morgan fingerprint density at radius 1 is 1.13 bits per heavy atom. The van der Waals surface area contributed by atoms with Crippen molar-refractivity contribution in [2.45, 2.75) is 57.7 Å². The van der Waals surface area contributed by atoms with Gasteiger partial charge in [-0.3, -0.25) is 4.79 Å². The second-order valence-electron chi connectivity index (χ2n) is 8.40. The summed E-state index contributed by atoms with van der Waals surface area (Å²) in [6.07, 6.45) is -1.02. The highest BCUT2D eigenvalue weighted by Crippen LogP contribution is 2.38. The molecule has 2 heterocycles. The lowest BCUT2D eigenvalue weighted by molar-refractivity contribution is -0.142. The summed E-state index contributed by atoms with van der Waals surface area (Å²) < 4.78 is 47.3. The smallest absolute Gasteiger partial charge is 0.435 e. The third kappa shape index (κ3) is 4.71. The van der Waals surface area contributed by atoms with E-state index in [1.807, 2.05) is 13.8 Å². The zero-order chi connectivity index (χ0) is 22.8. The van der Waals surface area contributed by atoms with Gasteiger partial charge in [0.1, 0.15) is 11.4 Å². The Hall–Kier alpha value is -2.55. The molecule has 1 aliphatic rings. The third-order valence-corrected chi connectivity index (χ3v) is 5.83. The predicted octanol–water partition coefficient (Wildman–Crippen LogP) is 4.20. The number of alkyl halides is 3. The summed E-state index contributed by atoms with van der Waals surface area (Å²) in [7, 11) is 1.50. The number of aromatic nitrogens is 2. The predicted molar refractivity (Wildman–Crippen MR) is 111 cm³/mol. The van der Waals surface area contributed by atoms with Gasteiger partial charge < -0.3 is 15.4 Å². The topological polar surface area (TPSA) is 73.4 Å². The number of unbranched alkanes of at least 4 members (excludes halogenated alkanes) is 2. The van der Waals surface area contributed by atoms with Crippen molar-refractivity contribution in [1.29, 1.82) is 0 Å². The highest BCUT2D eigenvalue weighted by atomic mass is 19.4. The Kier molecular flexibility index (Phi) is 6.64. The summed E-state index contributed by atoms with van der Waals surface area (Å²) in [6, 6.07) is 6.44. The minimum absolute atomic E-state index is 0.0150. The zero-order valence-corrected chi connectivity index (χ0v) is 18.1. The van der Waals surface area contributed by atoms with E-state index in [-0.39, 0.29) is 24.2 Å². The minimum atomic E-state index is -4.64. The normalized spacial score (nSPS) is 14.7. The molecule has 2 aromatic rings. The van der Waals surface area contributed by atoms with Gasteiger partial charge in [0.25, 0.3) is 5.91 Å². The van der Waals surface area contributed by atoms with Gasteiger partial charge >= 0.3 is 6.18 Å². The molecule has 170 valence electrons. The molecule has 0 saturated heterocycles. The number of methoxy groups -OCH3 is 1. The fourth-order valence-electron chi connectivity index (χ4n) is 4.09. The van der Waals surface area contributed by atoms with Crippen molar-refractivity contribution in [3.05, 3.63) is 41.2 Å². The monoisotopic (exact) mass is 438 g/mol. The van der Waals surface area contributed by atoms with Crippen molar-refractivity contribution >= 4 is 5.91 Å². The van der Waals surface area contributed by atoms with Gasteiger partial charge in [-0.25, -0.2) is 4.68 Å². The van der Waals surface area contributed by atoms with Gasteiger partial charge in [-0.15, -0.1) is 0 Å². The molecule has 2 N–H and O–H groups in total. The van der Waals surface area contributed by atoms with Gasteiger partial charge in [0, 0.05) is 17.6 Å². The first-order valence-corrected chi connectivity index (χ1v) is 10.5. The van der Waals surface area contributed by atoms with E-state index in [0.29, 0.717) is 18.0 Å². The van der Waals surface area contributed by atoms with Crippen LogP contribution in [0, 0.1) is 0 Å². The Morgan fingerprint density at radius 3 is 2.39 bits per heavy atom. The molecule has 0 saturated carbocycles. The Bertz CT molecular complexity index is 920. The molecule has 1 aliphatic heterocycles. The van der Waals surface area contributed by atoms with E-state index >= 15 is 0 Å². The summed E-state index contributed by atoms with van der Waals surface area (Å²) in [6.45, 7) is 4.76. The van der Waals surface area contributed by atoms with Crippen LogP contribution < -0.4 is 10.5 Å².